The summed E-state index contributed by atoms with van der Waals surface area (Å²) in [5, 5.41) is 2.79. The topological polar surface area (TPSA) is 83.1 Å². The normalized spacial score (nSPS) is 11.7. The van der Waals surface area contributed by atoms with Crippen LogP contribution < -0.4 is 19.5 Å². The highest BCUT2D eigenvalue weighted by Gasteiger charge is 2.18. The molecule has 0 aromatic heterocycles. The number of esters is 1. The van der Waals surface area contributed by atoms with Crippen molar-refractivity contribution in [3.63, 3.8) is 0 Å². The number of hydrogen-bond acceptors (Lipinski definition) is 6. The lowest BCUT2D eigenvalue weighted by molar-refractivity contribution is -0.148. The van der Waals surface area contributed by atoms with E-state index in [9.17, 15) is 9.59 Å². The summed E-state index contributed by atoms with van der Waals surface area (Å²) < 4.78 is 21.0. The molecule has 1 atom stereocenters. The van der Waals surface area contributed by atoms with E-state index in [1.54, 1.807) is 12.1 Å². The second kappa shape index (κ2) is 10.3. The zero-order valence-electron chi connectivity index (χ0n) is 18.1. The Balaban J connectivity index is 2.06. The van der Waals surface area contributed by atoms with Gasteiger partial charge in [-0.1, -0.05) is 12.1 Å². The van der Waals surface area contributed by atoms with Gasteiger partial charge in [0.25, 0.3) is 5.91 Å². The predicted octanol–water partition coefficient (Wildman–Crippen LogP) is 3.91. The number of benzene rings is 2. The molecule has 1 unspecified atom stereocenters. The third kappa shape index (κ3) is 5.76. The molecule has 0 bridgehead atoms. The molecular formula is C23H27NO6. The van der Waals surface area contributed by atoms with E-state index in [1.807, 2.05) is 32.0 Å². The summed E-state index contributed by atoms with van der Waals surface area (Å²) in [7, 11) is 4.55. The van der Waals surface area contributed by atoms with Gasteiger partial charge in [0.1, 0.15) is 5.75 Å². The lowest BCUT2D eigenvalue weighted by Gasteiger charge is -2.14. The summed E-state index contributed by atoms with van der Waals surface area (Å²) in [5.41, 5.74) is 3.23. The number of carbonyl (C=O) groups is 2. The van der Waals surface area contributed by atoms with Crippen LogP contribution >= 0.6 is 0 Å². The van der Waals surface area contributed by atoms with Crippen LogP contribution in [0.4, 0.5) is 5.69 Å². The second-order valence-corrected chi connectivity index (χ2v) is 6.67. The van der Waals surface area contributed by atoms with Crippen molar-refractivity contribution in [3.05, 3.63) is 53.1 Å². The molecule has 2 rings (SSSR count). The predicted molar refractivity (Wildman–Crippen MR) is 115 cm³/mol. The lowest BCUT2D eigenvalue weighted by Crippen LogP contribution is -2.29. The summed E-state index contributed by atoms with van der Waals surface area (Å²) in [4.78, 5) is 24.6. The van der Waals surface area contributed by atoms with Gasteiger partial charge in [0.2, 0.25) is 0 Å². The van der Waals surface area contributed by atoms with Gasteiger partial charge in [0.15, 0.2) is 17.6 Å². The fraction of sp³-hybridized carbons (Fsp3) is 0.304. The van der Waals surface area contributed by atoms with E-state index in [0.29, 0.717) is 28.5 Å². The first-order chi connectivity index (χ1) is 14.3. The zero-order valence-corrected chi connectivity index (χ0v) is 18.1. The average Bonchev–Trinajstić information content (AvgIpc) is 2.73. The largest absolute Gasteiger partial charge is 0.496 e. The van der Waals surface area contributed by atoms with Gasteiger partial charge in [-0.15, -0.1) is 0 Å². The van der Waals surface area contributed by atoms with Gasteiger partial charge >= 0.3 is 5.97 Å². The van der Waals surface area contributed by atoms with E-state index in [2.05, 4.69) is 5.32 Å². The van der Waals surface area contributed by atoms with Crippen LogP contribution in [-0.2, 0) is 14.3 Å². The van der Waals surface area contributed by atoms with Crippen molar-refractivity contribution in [3.8, 4) is 17.2 Å². The number of carbonyl (C=O) groups excluding carboxylic acids is 2. The van der Waals surface area contributed by atoms with Crippen LogP contribution in [0, 0.1) is 13.8 Å². The molecule has 0 aliphatic heterocycles. The van der Waals surface area contributed by atoms with E-state index in [-0.39, 0.29) is 0 Å². The summed E-state index contributed by atoms with van der Waals surface area (Å²) in [6.45, 7) is 5.35. The molecule has 2 aromatic carbocycles. The molecule has 0 aliphatic rings. The lowest BCUT2D eigenvalue weighted by atomic mass is 10.1. The van der Waals surface area contributed by atoms with Crippen molar-refractivity contribution in [2.45, 2.75) is 26.9 Å². The number of ether oxygens (including phenoxy) is 4. The minimum Gasteiger partial charge on any atom is -0.496 e. The maximum Gasteiger partial charge on any atom is 0.331 e. The number of anilines is 1. The Bertz CT molecular complexity index is 951. The molecule has 0 saturated carbocycles. The molecule has 7 nitrogen and oxygen atoms in total. The van der Waals surface area contributed by atoms with E-state index < -0.39 is 18.0 Å². The molecule has 0 fully saturated rings. The molecule has 2 aromatic rings. The highest BCUT2D eigenvalue weighted by molar-refractivity contribution is 5.97. The van der Waals surface area contributed by atoms with Crippen LogP contribution in [0.15, 0.2) is 36.4 Å². The molecule has 0 aliphatic carbocycles. The van der Waals surface area contributed by atoms with Crippen LogP contribution in [0.3, 0.4) is 0 Å². The van der Waals surface area contributed by atoms with E-state index >= 15 is 0 Å². The Morgan fingerprint density at radius 1 is 0.933 bits per heavy atom. The quantitative estimate of drug-likeness (QED) is 0.522. The van der Waals surface area contributed by atoms with Crippen molar-refractivity contribution < 1.29 is 28.5 Å². The van der Waals surface area contributed by atoms with E-state index in [0.717, 1.165) is 11.1 Å². The van der Waals surface area contributed by atoms with Crippen molar-refractivity contribution in [1.29, 1.82) is 0 Å². The third-order valence-corrected chi connectivity index (χ3v) is 4.45. The van der Waals surface area contributed by atoms with Crippen LogP contribution in [0.25, 0.3) is 6.08 Å². The Hall–Kier alpha value is -3.48. The summed E-state index contributed by atoms with van der Waals surface area (Å²) in [6, 6.07) is 9.08. The Kier molecular flexibility index (Phi) is 7.86. The first-order valence-electron chi connectivity index (χ1n) is 9.35. The van der Waals surface area contributed by atoms with Gasteiger partial charge < -0.3 is 24.3 Å². The van der Waals surface area contributed by atoms with Crippen molar-refractivity contribution in [2.24, 2.45) is 0 Å². The Morgan fingerprint density at radius 3 is 2.20 bits per heavy atom. The fourth-order valence-corrected chi connectivity index (χ4v) is 2.71. The van der Waals surface area contributed by atoms with Crippen LogP contribution in [-0.4, -0.2) is 39.3 Å². The zero-order chi connectivity index (χ0) is 22.3. The minimum atomic E-state index is -0.964. The third-order valence-electron chi connectivity index (χ3n) is 4.45. The van der Waals surface area contributed by atoms with Gasteiger partial charge in [-0.2, -0.15) is 0 Å². The molecular weight excluding hydrogens is 386 g/mol. The summed E-state index contributed by atoms with van der Waals surface area (Å²) in [6.07, 6.45) is 1.79. The molecule has 160 valence electrons. The monoisotopic (exact) mass is 413 g/mol. The molecule has 7 heteroatoms. The maximum atomic E-state index is 12.4. The smallest absolute Gasteiger partial charge is 0.331 e. The maximum absolute atomic E-state index is 12.4. The van der Waals surface area contributed by atoms with Gasteiger partial charge in [-0.25, -0.2) is 4.79 Å². The standard InChI is InChI=1S/C23H27NO6/c1-14-7-8-15(2)18(11-14)24-23(26)16(3)30-22(25)10-9-17-12-20(28-5)21(29-6)13-19(17)27-4/h7-13,16H,1-6H3,(H,24,26)/b10-9+. The molecule has 0 heterocycles. The fourth-order valence-electron chi connectivity index (χ4n) is 2.71. The molecule has 1 amide bonds. The molecule has 1 N–H and O–H groups in total. The summed E-state index contributed by atoms with van der Waals surface area (Å²) in [5.74, 6) is 0.431. The van der Waals surface area contributed by atoms with Crippen molar-refractivity contribution in [1.82, 2.24) is 0 Å². The highest BCUT2D eigenvalue weighted by Crippen LogP contribution is 2.35. The highest BCUT2D eigenvalue weighted by atomic mass is 16.5. The van der Waals surface area contributed by atoms with E-state index in [1.165, 1.54) is 40.4 Å². The van der Waals surface area contributed by atoms with Crippen LogP contribution in [0.1, 0.15) is 23.6 Å². The Labute approximate surface area is 176 Å². The second-order valence-electron chi connectivity index (χ2n) is 6.67. The van der Waals surface area contributed by atoms with Crippen molar-refractivity contribution in [2.75, 3.05) is 26.6 Å². The van der Waals surface area contributed by atoms with Gasteiger partial charge in [-0.05, 0) is 50.1 Å². The van der Waals surface area contributed by atoms with Crippen molar-refractivity contribution >= 4 is 23.6 Å². The van der Waals surface area contributed by atoms with Crippen LogP contribution in [0.5, 0.6) is 17.2 Å². The number of aryl methyl sites for hydroxylation is 2. The Morgan fingerprint density at radius 2 is 1.57 bits per heavy atom. The SMILES string of the molecule is COc1cc(OC)c(OC)cc1/C=C/C(=O)OC(C)C(=O)Nc1cc(C)ccc1C. The van der Waals surface area contributed by atoms with Gasteiger partial charge in [0.05, 0.1) is 21.3 Å². The van der Waals surface area contributed by atoms with Gasteiger partial charge in [0, 0.05) is 23.4 Å². The number of amides is 1. The molecule has 30 heavy (non-hydrogen) atoms. The molecule has 0 radical (unpaired) electrons. The summed E-state index contributed by atoms with van der Waals surface area (Å²) >= 11 is 0. The average molecular weight is 413 g/mol. The minimum absolute atomic E-state index is 0.408. The van der Waals surface area contributed by atoms with E-state index in [4.69, 9.17) is 18.9 Å². The molecule has 0 saturated heterocycles. The molecule has 0 spiro atoms. The number of hydrogen-bond donors (Lipinski definition) is 1. The van der Waals surface area contributed by atoms with Crippen LogP contribution in [0.2, 0.25) is 0 Å². The van der Waals surface area contributed by atoms with Gasteiger partial charge in [-0.3, -0.25) is 4.79 Å². The number of methoxy groups -OCH3 is 3. The number of rotatable bonds is 8. The first kappa shape index (κ1) is 22.8. The number of nitrogens with one attached hydrogen (secondary N) is 1. The first-order valence-corrected chi connectivity index (χ1v) is 9.35.